The molecule has 0 saturated heterocycles. The summed E-state index contributed by atoms with van der Waals surface area (Å²) in [7, 11) is 1.52. The van der Waals surface area contributed by atoms with Crippen molar-refractivity contribution in [3.05, 3.63) is 90.0 Å². The van der Waals surface area contributed by atoms with Gasteiger partial charge in [-0.3, -0.25) is 14.9 Å². The third-order valence-electron chi connectivity index (χ3n) is 4.93. The highest BCUT2D eigenvalue weighted by Crippen LogP contribution is 2.36. The van der Waals surface area contributed by atoms with E-state index in [9.17, 15) is 25.0 Å². The number of carbonyl (C=O) groups excluding carboxylic acids is 2. The Labute approximate surface area is 236 Å². The molecule has 3 aromatic carbocycles. The van der Waals surface area contributed by atoms with Crippen molar-refractivity contribution in [3.63, 3.8) is 0 Å². The molecule has 0 atom stereocenters. The first-order chi connectivity index (χ1) is 18.2. The van der Waals surface area contributed by atoms with Crippen LogP contribution in [0.25, 0.3) is 6.08 Å². The number of hydrogen-bond acceptors (Lipinski definition) is 8. The number of nitro benzene ring substituents is 1. The second kappa shape index (κ2) is 12.9. The summed E-state index contributed by atoms with van der Waals surface area (Å²) in [6.45, 7) is 2.00. The first-order valence-corrected chi connectivity index (χ1v) is 12.3. The monoisotopic (exact) mass is 647 g/mol. The normalized spacial score (nSPS) is 10.8. The zero-order valence-corrected chi connectivity index (χ0v) is 22.9. The maximum absolute atomic E-state index is 12.7. The molecule has 0 saturated carbocycles. The number of amides is 1. The summed E-state index contributed by atoms with van der Waals surface area (Å²) in [5.41, 5.74) is -0.155. The number of anilines is 1. The third-order valence-corrected chi connectivity index (χ3v) is 5.97. The Bertz CT molecular complexity index is 1470. The molecule has 12 heteroatoms. The Kier molecular flexibility index (Phi) is 9.64. The van der Waals surface area contributed by atoms with E-state index < -0.39 is 22.5 Å². The molecular formula is C26H19ClIN3O7. The summed E-state index contributed by atoms with van der Waals surface area (Å²) in [6.07, 6.45) is 1.29. The molecule has 0 fully saturated rings. The van der Waals surface area contributed by atoms with Gasteiger partial charge in [0.15, 0.2) is 11.5 Å². The lowest BCUT2D eigenvalue weighted by Gasteiger charge is -2.14. The highest BCUT2D eigenvalue weighted by molar-refractivity contribution is 14.1. The Balaban J connectivity index is 1.90. The minimum atomic E-state index is -0.860. The number of nitrogens with one attached hydrogen (secondary N) is 1. The van der Waals surface area contributed by atoms with Gasteiger partial charge in [0.05, 0.1) is 27.8 Å². The fraction of sp³-hybridized carbons (Fsp3) is 0.115. The lowest BCUT2D eigenvalue weighted by molar-refractivity contribution is -0.383. The number of methoxy groups -OCH3 is 1. The van der Waals surface area contributed by atoms with Crippen LogP contribution < -0.4 is 19.5 Å². The molecule has 38 heavy (non-hydrogen) atoms. The third kappa shape index (κ3) is 6.99. The van der Waals surface area contributed by atoms with Crippen LogP contribution in [0.1, 0.15) is 22.8 Å². The molecule has 0 aliphatic carbocycles. The summed E-state index contributed by atoms with van der Waals surface area (Å²) < 4.78 is 16.8. The van der Waals surface area contributed by atoms with Crippen molar-refractivity contribution < 1.29 is 28.7 Å². The average molecular weight is 648 g/mol. The van der Waals surface area contributed by atoms with E-state index in [1.807, 2.05) is 22.6 Å². The van der Waals surface area contributed by atoms with Crippen molar-refractivity contribution in [1.82, 2.24) is 0 Å². The van der Waals surface area contributed by atoms with Gasteiger partial charge in [-0.05, 0) is 89.7 Å². The zero-order valence-electron chi connectivity index (χ0n) is 20.0. The van der Waals surface area contributed by atoms with Crippen LogP contribution >= 0.6 is 34.2 Å². The Morgan fingerprint density at radius 2 is 1.89 bits per heavy atom. The van der Waals surface area contributed by atoms with Gasteiger partial charge in [0, 0.05) is 11.1 Å². The fourth-order valence-corrected chi connectivity index (χ4v) is 4.08. The first kappa shape index (κ1) is 28.4. The highest BCUT2D eigenvalue weighted by Gasteiger charge is 2.20. The number of nitrogens with zero attached hydrogens (tertiary/aromatic N) is 2. The number of ether oxygens (including phenoxy) is 3. The van der Waals surface area contributed by atoms with Gasteiger partial charge in [-0.2, -0.15) is 5.26 Å². The van der Waals surface area contributed by atoms with E-state index in [1.165, 1.54) is 31.4 Å². The van der Waals surface area contributed by atoms with Crippen LogP contribution in [0.2, 0.25) is 5.02 Å². The van der Waals surface area contributed by atoms with Crippen molar-refractivity contribution in [3.8, 4) is 23.3 Å². The standard InChI is InChI=1S/C26H19ClIN3O7/c1-3-37-23-12-15(11-20(28)24(23)38-26(33)16-4-7-19(36-2)8-5-16)10-17(14-29)25(32)30-21-9-6-18(27)13-22(21)31(34)35/h4-13H,3H2,1-2H3,(H,30,32)/b17-10+. The number of benzene rings is 3. The highest BCUT2D eigenvalue weighted by atomic mass is 127. The molecular weight excluding hydrogens is 629 g/mol. The molecule has 10 nitrogen and oxygen atoms in total. The molecule has 3 rings (SSSR count). The van der Waals surface area contributed by atoms with Crippen LogP contribution in [0.3, 0.4) is 0 Å². The minimum Gasteiger partial charge on any atom is -0.497 e. The number of carbonyl (C=O) groups is 2. The Morgan fingerprint density at radius 1 is 1.18 bits per heavy atom. The largest absolute Gasteiger partial charge is 0.497 e. The molecule has 1 amide bonds. The van der Waals surface area contributed by atoms with E-state index >= 15 is 0 Å². The summed E-state index contributed by atoms with van der Waals surface area (Å²) in [5, 5.41) is 23.4. The van der Waals surface area contributed by atoms with Crippen molar-refractivity contribution in [2.24, 2.45) is 0 Å². The summed E-state index contributed by atoms with van der Waals surface area (Å²) in [6, 6.07) is 15.0. The topological polar surface area (TPSA) is 141 Å². The molecule has 0 radical (unpaired) electrons. The SMILES string of the molecule is CCOc1cc(/C=C(\C#N)C(=O)Nc2ccc(Cl)cc2[N+](=O)[O-])cc(I)c1OC(=O)c1ccc(OC)cc1. The molecule has 0 spiro atoms. The van der Waals surface area contributed by atoms with Crippen molar-refractivity contribution in [1.29, 1.82) is 5.26 Å². The molecule has 0 aliphatic heterocycles. The predicted molar refractivity (Wildman–Crippen MR) is 149 cm³/mol. The van der Waals surface area contributed by atoms with Gasteiger partial charge in [-0.25, -0.2) is 4.79 Å². The molecule has 0 aliphatic rings. The second-order valence-electron chi connectivity index (χ2n) is 7.42. The van der Waals surface area contributed by atoms with E-state index in [0.29, 0.717) is 20.4 Å². The van der Waals surface area contributed by atoms with E-state index in [0.717, 1.165) is 6.07 Å². The van der Waals surface area contributed by atoms with E-state index in [4.69, 9.17) is 25.8 Å². The zero-order chi connectivity index (χ0) is 27.8. The maximum atomic E-state index is 12.7. The van der Waals surface area contributed by atoms with Crippen LogP contribution in [0.5, 0.6) is 17.2 Å². The number of nitriles is 1. The number of esters is 1. The van der Waals surface area contributed by atoms with E-state index in [2.05, 4.69) is 5.32 Å². The minimum absolute atomic E-state index is 0.115. The molecule has 1 N–H and O–H groups in total. The molecule has 0 heterocycles. The fourth-order valence-electron chi connectivity index (χ4n) is 3.18. The Hall–Kier alpha value is -4.15. The second-order valence-corrected chi connectivity index (χ2v) is 9.02. The average Bonchev–Trinajstić information content (AvgIpc) is 2.90. The molecule has 194 valence electrons. The van der Waals surface area contributed by atoms with Crippen LogP contribution in [-0.4, -0.2) is 30.5 Å². The van der Waals surface area contributed by atoms with Crippen LogP contribution in [-0.2, 0) is 4.79 Å². The number of rotatable bonds is 9. The first-order valence-electron chi connectivity index (χ1n) is 10.9. The number of halogens is 2. The van der Waals surface area contributed by atoms with Crippen LogP contribution in [0.4, 0.5) is 11.4 Å². The lowest BCUT2D eigenvalue weighted by Crippen LogP contribution is -2.14. The predicted octanol–water partition coefficient (Wildman–Crippen LogP) is 6.02. The molecule has 0 unspecified atom stereocenters. The van der Waals surface area contributed by atoms with E-state index in [-0.39, 0.29) is 34.4 Å². The summed E-state index contributed by atoms with van der Waals surface area (Å²) in [5.74, 6) is -0.494. The molecule has 0 bridgehead atoms. The van der Waals surface area contributed by atoms with Crippen molar-refractivity contribution in [2.75, 3.05) is 19.0 Å². The molecule has 3 aromatic rings. The Morgan fingerprint density at radius 3 is 2.50 bits per heavy atom. The maximum Gasteiger partial charge on any atom is 0.343 e. The van der Waals surface area contributed by atoms with Gasteiger partial charge in [-0.1, -0.05) is 11.6 Å². The lowest BCUT2D eigenvalue weighted by atomic mass is 10.1. The number of hydrogen-bond donors (Lipinski definition) is 1. The van der Waals surface area contributed by atoms with Gasteiger partial charge < -0.3 is 19.5 Å². The van der Waals surface area contributed by atoms with E-state index in [1.54, 1.807) is 43.3 Å². The van der Waals surface area contributed by atoms with Gasteiger partial charge in [-0.15, -0.1) is 0 Å². The van der Waals surface area contributed by atoms with Gasteiger partial charge >= 0.3 is 5.97 Å². The summed E-state index contributed by atoms with van der Waals surface area (Å²) in [4.78, 5) is 36.1. The smallest absolute Gasteiger partial charge is 0.343 e. The van der Waals surface area contributed by atoms with Crippen LogP contribution in [0, 0.1) is 25.0 Å². The van der Waals surface area contributed by atoms with Crippen molar-refractivity contribution in [2.45, 2.75) is 6.92 Å². The van der Waals surface area contributed by atoms with Gasteiger partial charge in [0.1, 0.15) is 23.1 Å². The quantitative estimate of drug-likeness (QED) is 0.0565. The summed E-state index contributed by atoms with van der Waals surface area (Å²) >= 11 is 7.76. The number of nitro groups is 1. The van der Waals surface area contributed by atoms with Crippen LogP contribution in [0.15, 0.2) is 60.2 Å². The van der Waals surface area contributed by atoms with Gasteiger partial charge in [0.2, 0.25) is 0 Å². The van der Waals surface area contributed by atoms with Crippen molar-refractivity contribution >= 4 is 63.5 Å². The van der Waals surface area contributed by atoms with Gasteiger partial charge in [0.25, 0.3) is 11.6 Å². The molecule has 0 aromatic heterocycles.